The van der Waals surface area contributed by atoms with Crippen LogP contribution in [0.1, 0.15) is 32.5 Å². The first-order valence-electron chi connectivity index (χ1n) is 8.05. The fourth-order valence-electron chi connectivity index (χ4n) is 2.27. The highest BCUT2D eigenvalue weighted by Gasteiger charge is 2.28. The average Bonchev–Trinajstić information content (AvgIpc) is 2.97. The van der Waals surface area contributed by atoms with Crippen LogP contribution in [0.15, 0.2) is 24.3 Å². The lowest BCUT2D eigenvalue weighted by Crippen LogP contribution is -2.25. The number of halogens is 1. The summed E-state index contributed by atoms with van der Waals surface area (Å²) in [6.07, 6.45) is 0. The van der Waals surface area contributed by atoms with Gasteiger partial charge in [-0.05, 0) is 37.6 Å². The molecule has 0 aliphatic rings. The number of esters is 2. The Kier molecular flexibility index (Phi) is 7.13. The Morgan fingerprint density at radius 3 is 2.50 bits per heavy atom. The molecule has 0 bridgehead atoms. The minimum Gasteiger partial charge on any atom is -0.465 e. The van der Waals surface area contributed by atoms with Crippen molar-refractivity contribution in [3.63, 3.8) is 0 Å². The van der Waals surface area contributed by atoms with Gasteiger partial charge in [-0.25, -0.2) is 9.59 Å². The quantitative estimate of drug-likeness (QED) is 0.563. The van der Waals surface area contributed by atoms with Crippen molar-refractivity contribution in [3.05, 3.63) is 45.3 Å². The van der Waals surface area contributed by atoms with Crippen molar-refractivity contribution in [2.24, 2.45) is 0 Å². The smallest absolute Gasteiger partial charge is 0.397 e. The summed E-state index contributed by atoms with van der Waals surface area (Å²) in [5, 5.41) is 5.42. The van der Waals surface area contributed by atoms with E-state index >= 15 is 0 Å². The maximum Gasteiger partial charge on any atom is 0.397 e. The van der Waals surface area contributed by atoms with Crippen LogP contribution in [0.25, 0.3) is 0 Å². The first kappa shape index (κ1) is 21.4. The lowest BCUT2D eigenvalue weighted by molar-refractivity contribution is -0.152. The van der Waals surface area contributed by atoms with E-state index in [-0.39, 0.29) is 22.0 Å². The molecule has 1 aromatic carbocycles. The van der Waals surface area contributed by atoms with E-state index < -0.39 is 23.8 Å². The van der Waals surface area contributed by atoms with Gasteiger partial charge in [-0.15, -0.1) is 11.3 Å². The van der Waals surface area contributed by atoms with Crippen LogP contribution >= 0.6 is 22.9 Å². The Bertz CT molecular complexity index is 940. The van der Waals surface area contributed by atoms with E-state index in [0.717, 1.165) is 11.3 Å². The molecule has 0 saturated carbocycles. The summed E-state index contributed by atoms with van der Waals surface area (Å²) in [5.74, 6) is -3.43. The van der Waals surface area contributed by atoms with Crippen molar-refractivity contribution < 1.29 is 28.7 Å². The minimum absolute atomic E-state index is 0.0126. The number of carbonyl (C=O) groups excluding carboxylic acids is 4. The summed E-state index contributed by atoms with van der Waals surface area (Å²) in [7, 11) is 1.17. The second-order valence-electron chi connectivity index (χ2n) is 5.39. The van der Waals surface area contributed by atoms with E-state index in [1.807, 2.05) is 0 Å². The van der Waals surface area contributed by atoms with Gasteiger partial charge >= 0.3 is 17.8 Å². The van der Waals surface area contributed by atoms with Gasteiger partial charge in [0.25, 0.3) is 5.91 Å². The van der Waals surface area contributed by atoms with Gasteiger partial charge in [0, 0.05) is 10.7 Å². The maximum absolute atomic E-state index is 12.6. The number of ether oxygens (including phenoxy) is 2. The van der Waals surface area contributed by atoms with Crippen LogP contribution in [0.3, 0.4) is 0 Å². The molecule has 0 aliphatic heterocycles. The molecular weight excluding hydrogens is 408 g/mol. The Hall–Kier alpha value is -2.91. The zero-order chi connectivity index (χ0) is 20.8. The number of methoxy groups -OCH3 is 1. The highest BCUT2D eigenvalue weighted by atomic mass is 35.5. The number of nitrogens with one attached hydrogen (secondary N) is 2. The number of rotatable bonds is 5. The van der Waals surface area contributed by atoms with Crippen LogP contribution in [-0.2, 0) is 19.1 Å². The molecule has 2 N–H and O–H groups in total. The molecule has 148 valence electrons. The Labute approximate surface area is 169 Å². The van der Waals surface area contributed by atoms with Gasteiger partial charge in [-0.1, -0.05) is 17.7 Å². The first-order valence-corrected chi connectivity index (χ1v) is 9.24. The molecule has 28 heavy (non-hydrogen) atoms. The topological polar surface area (TPSA) is 111 Å². The number of hydrogen-bond acceptors (Lipinski definition) is 7. The third-order valence-electron chi connectivity index (χ3n) is 3.51. The monoisotopic (exact) mass is 424 g/mol. The van der Waals surface area contributed by atoms with Crippen LogP contribution in [0.2, 0.25) is 5.02 Å². The number of amides is 2. The fourth-order valence-corrected chi connectivity index (χ4v) is 3.55. The van der Waals surface area contributed by atoms with Crippen LogP contribution in [0.5, 0.6) is 0 Å². The molecule has 0 spiro atoms. The first-order chi connectivity index (χ1) is 13.3. The zero-order valence-corrected chi connectivity index (χ0v) is 16.8. The van der Waals surface area contributed by atoms with Crippen LogP contribution < -0.4 is 10.6 Å². The Morgan fingerprint density at radius 1 is 1.18 bits per heavy atom. The summed E-state index contributed by atoms with van der Waals surface area (Å²) in [5.41, 5.74) is 0.749. The fraction of sp³-hybridized carbons (Fsp3) is 0.222. The molecule has 1 heterocycles. The molecule has 0 fully saturated rings. The summed E-state index contributed by atoms with van der Waals surface area (Å²) in [6.45, 7) is 3.11. The molecule has 0 saturated heterocycles. The number of anilines is 2. The molecule has 2 aromatic rings. The Balaban J connectivity index is 2.36. The highest BCUT2D eigenvalue weighted by Crippen LogP contribution is 2.34. The van der Waals surface area contributed by atoms with Crippen LogP contribution in [0.4, 0.5) is 10.7 Å². The SMILES string of the molecule is CCOC(=O)C(=O)Nc1sc(C(=O)Nc2cccc(Cl)c2)c(C)c1C(=O)OC. The summed E-state index contributed by atoms with van der Waals surface area (Å²) >= 11 is 6.75. The van der Waals surface area contributed by atoms with Crippen LogP contribution in [-0.4, -0.2) is 37.5 Å². The van der Waals surface area contributed by atoms with Gasteiger partial charge < -0.3 is 20.1 Å². The van der Waals surface area contributed by atoms with E-state index in [1.165, 1.54) is 14.0 Å². The van der Waals surface area contributed by atoms with Gasteiger partial charge in [0.1, 0.15) is 5.00 Å². The largest absolute Gasteiger partial charge is 0.465 e. The van der Waals surface area contributed by atoms with Gasteiger partial charge in [0.05, 0.1) is 24.2 Å². The van der Waals surface area contributed by atoms with Gasteiger partial charge in [0.15, 0.2) is 0 Å². The lowest BCUT2D eigenvalue weighted by Gasteiger charge is -2.05. The summed E-state index contributed by atoms with van der Waals surface area (Å²) in [6, 6.07) is 6.54. The normalized spacial score (nSPS) is 10.1. The molecular formula is C18H17ClN2O6S. The third-order valence-corrected chi connectivity index (χ3v) is 4.95. The second-order valence-corrected chi connectivity index (χ2v) is 6.85. The zero-order valence-electron chi connectivity index (χ0n) is 15.3. The predicted molar refractivity (Wildman–Crippen MR) is 105 cm³/mol. The van der Waals surface area contributed by atoms with Crippen molar-refractivity contribution in [1.29, 1.82) is 0 Å². The standard InChI is InChI=1S/C18H17ClN2O6S/c1-4-27-18(25)15(23)21-16-12(17(24)26-3)9(2)13(28-16)14(22)20-11-7-5-6-10(19)8-11/h5-8H,4H2,1-3H3,(H,20,22)(H,21,23). The van der Waals surface area contributed by atoms with Crippen LogP contribution in [0, 0.1) is 6.92 Å². The third kappa shape index (κ3) is 4.87. The maximum atomic E-state index is 12.6. The summed E-state index contributed by atoms with van der Waals surface area (Å²) in [4.78, 5) is 48.4. The predicted octanol–water partition coefficient (Wildman–Crippen LogP) is 3.25. The van der Waals surface area contributed by atoms with Crippen molar-refractivity contribution in [2.45, 2.75) is 13.8 Å². The van der Waals surface area contributed by atoms with E-state index in [1.54, 1.807) is 31.2 Å². The minimum atomic E-state index is -1.10. The second kappa shape index (κ2) is 9.34. The van der Waals surface area contributed by atoms with Gasteiger partial charge in [-0.3, -0.25) is 9.59 Å². The van der Waals surface area contributed by atoms with E-state index in [9.17, 15) is 19.2 Å². The van der Waals surface area contributed by atoms with Crippen molar-refractivity contribution >= 4 is 57.4 Å². The van der Waals surface area contributed by atoms with Gasteiger partial charge in [0.2, 0.25) is 0 Å². The van der Waals surface area contributed by atoms with E-state index in [4.69, 9.17) is 16.3 Å². The molecule has 8 nitrogen and oxygen atoms in total. The van der Waals surface area contributed by atoms with Crippen molar-refractivity contribution in [3.8, 4) is 0 Å². The molecule has 0 aliphatic carbocycles. The van der Waals surface area contributed by atoms with E-state index in [0.29, 0.717) is 16.3 Å². The molecule has 0 radical (unpaired) electrons. The van der Waals surface area contributed by atoms with Crippen molar-refractivity contribution in [1.82, 2.24) is 0 Å². The molecule has 0 atom stereocenters. The van der Waals surface area contributed by atoms with E-state index in [2.05, 4.69) is 15.4 Å². The molecule has 0 unspecified atom stereocenters. The number of thiophene rings is 1. The lowest BCUT2D eigenvalue weighted by atomic mass is 10.1. The summed E-state index contributed by atoms with van der Waals surface area (Å²) < 4.78 is 9.35. The molecule has 2 rings (SSSR count). The number of hydrogen-bond donors (Lipinski definition) is 2. The molecule has 10 heteroatoms. The number of benzene rings is 1. The molecule has 2 amide bonds. The Morgan fingerprint density at radius 2 is 1.89 bits per heavy atom. The molecule has 1 aromatic heterocycles. The van der Waals surface area contributed by atoms with Gasteiger partial charge in [-0.2, -0.15) is 0 Å². The number of carbonyl (C=O) groups is 4. The van der Waals surface area contributed by atoms with Crippen molar-refractivity contribution in [2.75, 3.05) is 24.4 Å². The average molecular weight is 425 g/mol. The highest BCUT2D eigenvalue weighted by molar-refractivity contribution is 7.19.